The molecule has 1 aromatic rings. The van der Waals surface area contributed by atoms with E-state index in [1.165, 1.54) is 0 Å². The van der Waals surface area contributed by atoms with Crippen LogP contribution >= 0.6 is 0 Å². The van der Waals surface area contributed by atoms with Gasteiger partial charge in [-0.1, -0.05) is 6.08 Å². The molecule has 2 amide bonds. The SMILES string of the molecule is CN1CCC(C(=O)Nc2ccc3c(c2)NC(=O)C(CC(=O)O)O3)CC1.FC1=CC=CC(F)=C(F)C1. The van der Waals surface area contributed by atoms with Gasteiger partial charge in [-0.25, -0.2) is 13.2 Å². The van der Waals surface area contributed by atoms with Crippen LogP contribution in [-0.2, 0) is 14.4 Å². The predicted octanol–water partition coefficient (Wildman–Crippen LogP) is 4.09. The van der Waals surface area contributed by atoms with Gasteiger partial charge in [0.05, 0.1) is 18.5 Å². The third-order valence-corrected chi connectivity index (χ3v) is 5.62. The highest BCUT2D eigenvalue weighted by molar-refractivity contribution is 6.01. The highest BCUT2D eigenvalue weighted by atomic mass is 19.2. The number of rotatable bonds is 4. The summed E-state index contributed by atoms with van der Waals surface area (Å²) in [5, 5.41) is 14.3. The predicted molar refractivity (Wildman–Crippen MR) is 123 cm³/mol. The molecule has 2 heterocycles. The second kappa shape index (κ2) is 11.7. The smallest absolute Gasteiger partial charge is 0.307 e. The number of benzene rings is 1. The molecule has 1 atom stereocenters. The number of carboxylic acid groups (broad SMARTS) is 1. The van der Waals surface area contributed by atoms with Crippen molar-refractivity contribution in [3.8, 4) is 5.75 Å². The Bertz CT molecular complexity index is 1080. The molecule has 1 saturated heterocycles. The molecule has 4 rings (SSSR count). The summed E-state index contributed by atoms with van der Waals surface area (Å²) in [4.78, 5) is 37.2. The number of carboxylic acids is 1. The lowest BCUT2D eigenvalue weighted by Crippen LogP contribution is -2.38. The molecule has 1 aliphatic carbocycles. The number of piperidine rings is 1. The maximum absolute atomic E-state index is 12.4. The van der Waals surface area contributed by atoms with E-state index in [9.17, 15) is 27.6 Å². The molecule has 8 nitrogen and oxygen atoms in total. The maximum atomic E-state index is 12.4. The third kappa shape index (κ3) is 7.44. The second-order valence-electron chi connectivity index (χ2n) is 8.37. The molecule has 1 unspecified atom stereocenters. The zero-order valence-corrected chi connectivity index (χ0v) is 19.0. The summed E-state index contributed by atoms with van der Waals surface area (Å²) in [6.45, 7) is 1.80. The summed E-state index contributed by atoms with van der Waals surface area (Å²) >= 11 is 0. The Labute approximate surface area is 200 Å². The van der Waals surface area contributed by atoms with Crippen LogP contribution in [0.2, 0.25) is 0 Å². The van der Waals surface area contributed by atoms with Gasteiger partial charge < -0.3 is 25.4 Å². The standard InChI is InChI=1S/C17H21N3O5.C7H5F3/c1-20-6-4-10(5-7-20)16(23)18-11-2-3-13-12(8-11)19-17(24)14(25-13)9-15(21)22;8-5-2-1-3-6(9)7(10)4-5/h2-3,8,10,14H,4-7,9H2,1H3,(H,18,23)(H,19,24)(H,21,22);1-3H,4H2. The summed E-state index contributed by atoms with van der Waals surface area (Å²) in [5.74, 6) is -3.98. The highest BCUT2D eigenvalue weighted by Crippen LogP contribution is 2.33. The summed E-state index contributed by atoms with van der Waals surface area (Å²) in [6, 6.07) is 4.92. The van der Waals surface area contributed by atoms with E-state index in [1.54, 1.807) is 18.2 Å². The van der Waals surface area contributed by atoms with E-state index in [0.717, 1.165) is 44.2 Å². The zero-order chi connectivity index (χ0) is 25.5. The van der Waals surface area contributed by atoms with Crippen molar-refractivity contribution >= 4 is 29.2 Å². The van der Waals surface area contributed by atoms with Crippen LogP contribution < -0.4 is 15.4 Å². The van der Waals surface area contributed by atoms with E-state index in [-0.39, 0.29) is 11.8 Å². The van der Waals surface area contributed by atoms with Crippen LogP contribution in [0.5, 0.6) is 5.75 Å². The molecule has 35 heavy (non-hydrogen) atoms. The minimum absolute atomic E-state index is 0.0157. The molecule has 0 spiro atoms. The molecule has 188 valence electrons. The number of amides is 2. The van der Waals surface area contributed by atoms with Gasteiger partial charge in [-0.3, -0.25) is 14.4 Å². The maximum Gasteiger partial charge on any atom is 0.307 e. The second-order valence-corrected chi connectivity index (χ2v) is 8.37. The number of fused-ring (bicyclic) bond motifs is 1. The van der Waals surface area contributed by atoms with Crippen molar-refractivity contribution in [2.45, 2.75) is 31.8 Å². The van der Waals surface area contributed by atoms with Crippen molar-refractivity contribution in [1.29, 1.82) is 0 Å². The number of nitrogens with one attached hydrogen (secondary N) is 2. The number of allylic oxidation sites excluding steroid dienone is 6. The fourth-order valence-corrected chi connectivity index (χ4v) is 3.66. The van der Waals surface area contributed by atoms with Crippen LogP contribution in [0.25, 0.3) is 0 Å². The number of halogens is 3. The topological polar surface area (TPSA) is 108 Å². The van der Waals surface area contributed by atoms with Crippen LogP contribution in [0.4, 0.5) is 24.5 Å². The summed E-state index contributed by atoms with van der Waals surface area (Å²) < 4.78 is 42.2. The fraction of sp³-hybridized carbons (Fsp3) is 0.375. The monoisotopic (exact) mass is 493 g/mol. The largest absolute Gasteiger partial charge is 0.481 e. The van der Waals surface area contributed by atoms with Gasteiger partial charge in [-0.2, -0.15) is 0 Å². The molecule has 3 N–H and O–H groups in total. The Morgan fingerprint density at radius 3 is 2.63 bits per heavy atom. The van der Waals surface area contributed by atoms with Crippen molar-refractivity contribution in [3.05, 3.63) is 53.9 Å². The minimum atomic E-state index is -1.11. The molecule has 2 aliphatic heterocycles. The van der Waals surface area contributed by atoms with E-state index < -0.39 is 48.3 Å². The Kier molecular flexibility index (Phi) is 8.69. The molecular formula is C24H26F3N3O5. The average Bonchev–Trinajstić information content (AvgIpc) is 2.94. The Hall–Kier alpha value is -3.60. The Morgan fingerprint density at radius 2 is 1.94 bits per heavy atom. The number of ether oxygens (including phenoxy) is 1. The highest BCUT2D eigenvalue weighted by Gasteiger charge is 2.30. The molecule has 0 saturated carbocycles. The van der Waals surface area contributed by atoms with Gasteiger partial charge in [-0.15, -0.1) is 0 Å². The summed E-state index contributed by atoms with van der Waals surface area (Å²) in [7, 11) is 2.04. The normalized spacial score (nSPS) is 20.4. The number of carbonyl (C=O) groups is 3. The quantitative estimate of drug-likeness (QED) is 0.583. The molecule has 0 radical (unpaired) electrons. The first kappa shape index (κ1) is 26.0. The number of carbonyl (C=O) groups excluding carboxylic acids is 2. The van der Waals surface area contributed by atoms with Gasteiger partial charge in [0.1, 0.15) is 17.4 Å². The van der Waals surface area contributed by atoms with Crippen molar-refractivity contribution in [2.75, 3.05) is 30.8 Å². The van der Waals surface area contributed by atoms with Crippen molar-refractivity contribution in [3.63, 3.8) is 0 Å². The van der Waals surface area contributed by atoms with Crippen molar-refractivity contribution in [1.82, 2.24) is 4.90 Å². The molecular weight excluding hydrogens is 467 g/mol. The number of hydrogen-bond acceptors (Lipinski definition) is 5. The molecule has 1 fully saturated rings. The Morgan fingerprint density at radius 1 is 1.23 bits per heavy atom. The van der Waals surface area contributed by atoms with E-state index in [2.05, 4.69) is 15.5 Å². The van der Waals surface area contributed by atoms with Gasteiger partial charge in [0.15, 0.2) is 11.9 Å². The van der Waals surface area contributed by atoms with Crippen molar-refractivity contribution in [2.24, 2.45) is 5.92 Å². The first-order valence-electron chi connectivity index (χ1n) is 11.0. The lowest BCUT2D eigenvalue weighted by Gasteiger charge is -2.28. The Balaban J connectivity index is 0.000000287. The fourth-order valence-electron chi connectivity index (χ4n) is 3.66. The first-order chi connectivity index (χ1) is 16.6. The van der Waals surface area contributed by atoms with E-state index in [0.29, 0.717) is 17.1 Å². The molecule has 3 aliphatic rings. The van der Waals surface area contributed by atoms with Gasteiger partial charge in [-0.05, 0) is 63.3 Å². The van der Waals surface area contributed by atoms with Crippen LogP contribution in [0.3, 0.4) is 0 Å². The lowest BCUT2D eigenvalue weighted by atomic mass is 9.96. The minimum Gasteiger partial charge on any atom is -0.481 e. The zero-order valence-electron chi connectivity index (χ0n) is 19.0. The first-order valence-corrected chi connectivity index (χ1v) is 11.0. The number of anilines is 2. The van der Waals surface area contributed by atoms with Crippen LogP contribution in [0.1, 0.15) is 25.7 Å². The van der Waals surface area contributed by atoms with Gasteiger partial charge >= 0.3 is 5.97 Å². The van der Waals surface area contributed by atoms with Crippen molar-refractivity contribution < 1.29 is 37.4 Å². The van der Waals surface area contributed by atoms with Gasteiger partial charge in [0.25, 0.3) is 5.91 Å². The van der Waals surface area contributed by atoms with E-state index in [4.69, 9.17) is 9.84 Å². The lowest BCUT2D eigenvalue weighted by molar-refractivity contribution is -0.142. The molecule has 0 aromatic heterocycles. The van der Waals surface area contributed by atoms with E-state index >= 15 is 0 Å². The van der Waals surface area contributed by atoms with Gasteiger partial charge in [0, 0.05) is 11.6 Å². The molecule has 11 heteroatoms. The number of aliphatic carboxylic acids is 1. The summed E-state index contributed by atoms with van der Waals surface area (Å²) in [6.07, 6.45) is 2.68. The molecule has 0 bridgehead atoms. The summed E-state index contributed by atoms with van der Waals surface area (Å²) in [5.41, 5.74) is 0.996. The number of nitrogens with zero attached hydrogens (tertiary/aromatic N) is 1. The van der Waals surface area contributed by atoms with Crippen LogP contribution in [0, 0.1) is 5.92 Å². The third-order valence-electron chi connectivity index (χ3n) is 5.62. The average molecular weight is 493 g/mol. The van der Waals surface area contributed by atoms with E-state index in [1.807, 2.05) is 7.05 Å². The van der Waals surface area contributed by atoms with Crippen LogP contribution in [0.15, 0.2) is 53.9 Å². The molecule has 1 aromatic carbocycles. The van der Waals surface area contributed by atoms with Gasteiger partial charge in [0.2, 0.25) is 5.91 Å². The number of hydrogen-bond donors (Lipinski definition) is 3. The number of likely N-dealkylation sites (tertiary alicyclic amines) is 1. The van der Waals surface area contributed by atoms with Crippen LogP contribution in [-0.4, -0.2) is 54.0 Å².